The van der Waals surface area contributed by atoms with Crippen molar-refractivity contribution in [1.29, 1.82) is 0 Å². The number of hydrogen-bond donors (Lipinski definition) is 1. The van der Waals surface area contributed by atoms with Crippen molar-refractivity contribution in [3.63, 3.8) is 0 Å². The number of H-pyrrole nitrogens is 1. The Bertz CT molecular complexity index is 1090. The summed E-state index contributed by atoms with van der Waals surface area (Å²) in [5.74, 6) is -0.525. The maximum atomic E-state index is 12.5. The minimum atomic E-state index is -4.42. The number of halogens is 3. The van der Waals surface area contributed by atoms with Crippen LogP contribution in [0.15, 0.2) is 59.4 Å². The van der Waals surface area contributed by atoms with Gasteiger partial charge in [0.25, 0.3) is 5.56 Å². The van der Waals surface area contributed by atoms with E-state index in [-0.39, 0.29) is 11.4 Å². The minimum absolute atomic E-state index is 0.194. The molecule has 1 atom stereocenters. The van der Waals surface area contributed by atoms with E-state index in [1.165, 1.54) is 18.2 Å². The number of para-hydroxylation sites is 1. The molecule has 1 heterocycles. The maximum Gasteiger partial charge on any atom is 0.416 e. The zero-order valence-electron chi connectivity index (χ0n) is 14.7. The van der Waals surface area contributed by atoms with Crippen molar-refractivity contribution in [3.8, 4) is 0 Å². The van der Waals surface area contributed by atoms with Gasteiger partial charge in [0.1, 0.15) is 0 Å². The third kappa shape index (κ3) is 4.46. The first kappa shape index (κ1) is 19.3. The van der Waals surface area contributed by atoms with Crippen LogP contribution in [0.5, 0.6) is 0 Å². The first-order chi connectivity index (χ1) is 13.2. The van der Waals surface area contributed by atoms with Gasteiger partial charge >= 0.3 is 12.1 Å². The SMILES string of the molecule is C[C@@H](OC(=O)/C=C/c1ccc(C(F)(F)F)cc1)c1nc2ccccc2c(=O)[nH]1. The summed E-state index contributed by atoms with van der Waals surface area (Å²) in [7, 11) is 0. The lowest BCUT2D eigenvalue weighted by Gasteiger charge is -2.11. The second kappa shape index (κ2) is 7.67. The van der Waals surface area contributed by atoms with Gasteiger partial charge in [0.2, 0.25) is 0 Å². The number of fused-ring (bicyclic) bond motifs is 1. The van der Waals surface area contributed by atoms with Crippen LogP contribution >= 0.6 is 0 Å². The van der Waals surface area contributed by atoms with Gasteiger partial charge in [-0.15, -0.1) is 0 Å². The molecule has 0 bridgehead atoms. The quantitative estimate of drug-likeness (QED) is 0.536. The normalized spacial score (nSPS) is 13.0. The lowest BCUT2D eigenvalue weighted by Crippen LogP contribution is -2.16. The van der Waals surface area contributed by atoms with Crippen LogP contribution in [0, 0.1) is 0 Å². The van der Waals surface area contributed by atoms with Crippen molar-refractivity contribution in [2.75, 3.05) is 0 Å². The van der Waals surface area contributed by atoms with Gasteiger partial charge in [-0.25, -0.2) is 9.78 Å². The van der Waals surface area contributed by atoms with Gasteiger partial charge in [-0.2, -0.15) is 13.2 Å². The predicted octanol–water partition coefficient (Wildman–Crippen LogP) is 4.26. The van der Waals surface area contributed by atoms with Crippen LogP contribution in [0.1, 0.15) is 30.0 Å². The van der Waals surface area contributed by atoms with Crippen LogP contribution < -0.4 is 5.56 Å². The summed E-state index contributed by atoms with van der Waals surface area (Å²) >= 11 is 0. The van der Waals surface area contributed by atoms with Crippen LogP contribution in [0.2, 0.25) is 0 Å². The van der Waals surface area contributed by atoms with Crippen molar-refractivity contribution in [2.24, 2.45) is 0 Å². The number of nitrogens with one attached hydrogen (secondary N) is 1. The predicted molar refractivity (Wildman–Crippen MR) is 97.3 cm³/mol. The average Bonchev–Trinajstić information content (AvgIpc) is 2.66. The van der Waals surface area contributed by atoms with Gasteiger partial charge in [0.15, 0.2) is 11.9 Å². The number of benzene rings is 2. The van der Waals surface area contributed by atoms with Crippen molar-refractivity contribution in [1.82, 2.24) is 9.97 Å². The number of aromatic nitrogens is 2. The number of ether oxygens (including phenoxy) is 1. The third-order valence-corrected chi connectivity index (χ3v) is 3.96. The number of alkyl halides is 3. The Kier molecular flexibility index (Phi) is 5.30. The van der Waals surface area contributed by atoms with Crippen LogP contribution in [0.3, 0.4) is 0 Å². The van der Waals surface area contributed by atoms with Crippen molar-refractivity contribution >= 4 is 22.9 Å². The molecule has 0 saturated carbocycles. The fraction of sp³-hybridized carbons (Fsp3) is 0.150. The molecule has 0 aliphatic rings. The molecule has 3 aromatic rings. The monoisotopic (exact) mass is 388 g/mol. The highest BCUT2D eigenvalue weighted by Crippen LogP contribution is 2.29. The van der Waals surface area contributed by atoms with Gasteiger partial charge in [-0.3, -0.25) is 4.79 Å². The molecule has 2 aromatic carbocycles. The summed E-state index contributed by atoms with van der Waals surface area (Å²) in [5, 5.41) is 0.423. The number of hydrogen-bond acceptors (Lipinski definition) is 4. The topological polar surface area (TPSA) is 72.0 Å². The Balaban J connectivity index is 1.69. The van der Waals surface area contributed by atoms with E-state index in [1.54, 1.807) is 31.2 Å². The molecule has 3 rings (SSSR count). The fourth-order valence-electron chi connectivity index (χ4n) is 2.51. The summed E-state index contributed by atoms with van der Waals surface area (Å²) in [5.41, 5.74) is -0.227. The van der Waals surface area contributed by atoms with Crippen LogP contribution in [0.25, 0.3) is 17.0 Å². The molecule has 8 heteroatoms. The van der Waals surface area contributed by atoms with Gasteiger partial charge in [-0.1, -0.05) is 24.3 Å². The van der Waals surface area contributed by atoms with Gasteiger partial charge in [0.05, 0.1) is 16.5 Å². The molecule has 0 fully saturated rings. The second-order valence-electron chi connectivity index (χ2n) is 6.00. The number of aromatic amines is 1. The van der Waals surface area contributed by atoms with Crippen molar-refractivity contribution < 1.29 is 22.7 Å². The number of esters is 1. The molecule has 5 nitrogen and oxygen atoms in total. The molecular formula is C20H15F3N2O3. The molecule has 144 valence electrons. The zero-order chi connectivity index (χ0) is 20.3. The number of carbonyl (C=O) groups is 1. The first-order valence-corrected chi connectivity index (χ1v) is 8.29. The maximum absolute atomic E-state index is 12.5. The van der Waals surface area contributed by atoms with E-state index in [4.69, 9.17) is 4.74 Å². The van der Waals surface area contributed by atoms with Crippen LogP contribution in [0.4, 0.5) is 13.2 Å². The van der Waals surface area contributed by atoms with E-state index in [2.05, 4.69) is 9.97 Å². The van der Waals surface area contributed by atoms with Gasteiger partial charge in [0, 0.05) is 6.08 Å². The lowest BCUT2D eigenvalue weighted by atomic mass is 10.1. The van der Waals surface area contributed by atoms with Crippen molar-refractivity contribution in [2.45, 2.75) is 19.2 Å². The smallest absolute Gasteiger partial charge is 0.416 e. The Morgan fingerprint density at radius 1 is 1.14 bits per heavy atom. The molecule has 0 aliphatic carbocycles. The molecule has 0 spiro atoms. The van der Waals surface area contributed by atoms with E-state index >= 15 is 0 Å². The summed E-state index contributed by atoms with van der Waals surface area (Å²) in [4.78, 5) is 30.9. The Labute approximate surface area is 157 Å². The summed E-state index contributed by atoms with van der Waals surface area (Å²) in [6, 6.07) is 11.1. The molecule has 0 unspecified atom stereocenters. The highest BCUT2D eigenvalue weighted by Gasteiger charge is 2.29. The van der Waals surface area contributed by atoms with E-state index in [9.17, 15) is 22.8 Å². The second-order valence-corrected chi connectivity index (χ2v) is 6.00. The molecule has 0 radical (unpaired) electrons. The molecule has 0 saturated heterocycles. The molecule has 1 N–H and O–H groups in total. The third-order valence-electron chi connectivity index (χ3n) is 3.96. The minimum Gasteiger partial charge on any atom is -0.451 e. The van der Waals surface area contributed by atoms with Gasteiger partial charge in [-0.05, 0) is 42.8 Å². The van der Waals surface area contributed by atoms with E-state index in [1.807, 2.05) is 0 Å². The Morgan fingerprint density at radius 3 is 2.50 bits per heavy atom. The molecule has 0 aliphatic heterocycles. The highest BCUT2D eigenvalue weighted by molar-refractivity contribution is 5.87. The first-order valence-electron chi connectivity index (χ1n) is 8.29. The summed E-state index contributed by atoms with van der Waals surface area (Å²) in [6.45, 7) is 1.55. The van der Waals surface area contributed by atoms with E-state index in [0.717, 1.165) is 18.2 Å². The molecule has 28 heavy (non-hydrogen) atoms. The average molecular weight is 388 g/mol. The molecule has 0 amide bonds. The number of carbonyl (C=O) groups excluding carboxylic acids is 1. The highest BCUT2D eigenvalue weighted by atomic mass is 19.4. The standard InChI is InChI=1S/C20H15F3N2O3/c1-12(18-24-16-5-3-2-4-15(16)19(27)25-18)28-17(26)11-8-13-6-9-14(10-7-13)20(21,22)23/h2-12H,1H3,(H,24,25,27)/b11-8+/t12-/m1/s1. The van der Waals surface area contributed by atoms with Gasteiger partial charge < -0.3 is 9.72 Å². The largest absolute Gasteiger partial charge is 0.451 e. The van der Waals surface area contributed by atoms with Crippen LogP contribution in [-0.4, -0.2) is 15.9 Å². The number of rotatable bonds is 4. The van der Waals surface area contributed by atoms with Crippen LogP contribution in [-0.2, 0) is 15.7 Å². The summed E-state index contributed by atoms with van der Waals surface area (Å²) < 4.78 is 42.8. The Hall–Kier alpha value is -3.42. The molecule has 1 aromatic heterocycles. The Morgan fingerprint density at radius 2 is 1.82 bits per heavy atom. The number of nitrogens with zero attached hydrogens (tertiary/aromatic N) is 1. The molecular weight excluding hydrogens is 373 g/mol. The van der Waals surface area contributed by atoms with E-state index in [0.29, 0.717) is 16.5 Å². The fourth-order valence-corrected chi connectivity index (χ4v) is 2.51. The lowest BCUT2D eigenvalue weighted by molar-refractivity contribution is -0.142. The van der Waals surface area contributed by atoms with Crippen molar-refractivity contribution in [3.05, 3.63) is 81.9 Å². The zero-order valence-corrected chi connectivity index (χ0v) is 14.7. The van der Waals surface area contributed by atoms with E-state index < -0.39 is 23.8 Å². The summed E-state index contributed by atoms with van der Waals surface area (Å²) in [6.07, 6.45) is -2.80.